The van der Waals surface area contributed by atoms with Gasteiger partial charge in [0.25, 0.3) is 0 Å². The minimum absolute atomic E-state index is 0.445. The van der Waals surface area contributed by atoms with Crippen molar-refractivity contribution in [1.82, 2.24) is 9.97 Å². The Kier molecular flexibility index (Phi) is 3.57. The summed E-state index contributed by atoms with van der Waals surface area (Å²) in [4.78, 5) is 11.0. The first-order valence-electron chi connectivity index (χ1n) is 6.66. The zero-order chi connectivity index (χ0) is 14.3. The Labute approximate surface area is 128 Å². The molecule has 0 aliphatic carbocycles. The lowest BCUT2D eigenvalue weighted by atomic mass is 10.1. The Hall–Kier alpha value is -1.32. The molecule has 3 nitrogen and oxygen atoms in total. The number of halogens is 2. The van der Waals surface area contributed by atoms with Gasteiger partial charge in [0.05, 0.1) is 0 Å². The molecule has 1 aliphatic rings. The molecule has 0 unspecified atom stereocenters. The van der Waals surface area contributed by atoms with Crippen molar-refractivity contribution in [2.24, 2.45) is 0 Å². The highest BCUT2D eigenvalue weighted by atomic mass is 35.5. The molecule has 0 fully saturated rings. The van der Waals surface area contributed by atoms with E-state index in [-0.39, 0.29) is 0 Å². The number of rotatable bonds is 2. The zero-order valence-corrected chi connectivity index (χ0v) is 13.0. The maximum atomic E-state index is 6.18. The Bertz CT molecular complexity index is 647. The normalized spacial score (nSPS) is 13.7. The van der Waals surface area contributed by atoms with Gasteiger partial charge in [0.2, 0.25) is 0 Å². The van der Waals surface area contributed by atoms with Crippen molar-refractivity contribution in [3.8, 4) is 11.4 Å². The minimum Gasteiger partial charge on any atom is -0.374 e. The van der Waals surface area contributed by atoms with E-state index in [0.29, 0.717) is 16.1 Å². The van der Waals surface area contributed by atoms with Gasteiger partial charge in [-0.15, -0.1) is 0 Å². The molecule has 0 amide bonds. The van der Waals surface area contributed by atoms with E-state index in [1.165, 1.54) is 11.3 Å². The molecule has 0 bridgehead atoms. The summed E-state index contributed by atoms with van der Waals surface area (Å²) in [7, 11) is 2.10. The Morgan fingerprint density at radius 2 is 1.90 bits per heavy atom. The van der Waals surface area contributed by atoms with Crippen LogP contribution in [0.25, 0.3) is 11.4 Å². The van der Waals surface area contributed by atoms with Crippen molar-refractivity contribution in [3.05, 3.63) is 39.6 Å². The minimum atomic E-state index is 0.445. The van der Waals surface area contributed by atoms with Crippen LogP contribution in [-0.4, -0.2) is 23.6 Å². The fourth-order valence-electron chi connectivity index (χ4n) is 2.56. The van der Waals surface area contributed by atoms with E-state index in [4.69, 9.17) is 23.2 Å². The molecule has 104 valence electrons. The van der Waals surface area contributed by atoms with Crippen LogP contribution < -0.4 is 4.90 Å². The third-order valence-corrected chi connectivity index (χ3v) is 4.35. The summed E-state index contributed by atoms with van der Waals surface area (Å²) in [6.45, 7) is 3.04. The number of anilines is 1. The molecule has 2 heterocycles. The van der Waals surface area contributed by atoms with Crippen LogP contribution >= 0.6 is 23.2 Å². The first kappa shape index (κ1) is 13.7. The summed E-state index contributed by atoms with van der Waals surface area (Å²) >= 11 is 12.4. The van der Waals surface area contributed by atoms with Crippen molar-refractivity contribution in [2.45, 2.75) is 19.8 Å². The van der Waals surface area contributed by atoms with Crippen LogP contribution in [0.4, 0.5) is 5.69 Å². The number of nitrogens with zero attached hydrogens (tertiary/aromatic N) is 3. The lowest BCUT2D eigenvalue weighted by molar-refractivity contribution is 0.956. The Morgan fingerprint density at radius 3 is 2.55 bits per heavy atom. The van der Waals surface area contributed by atoms with E-state index < -0.39 is 0 Å². The third-order valence-electron chi connectivity index (χ3n) is 3.73. The zero-order valence-electron chi connectivity index (χ0n) is 11.5. The van der Waals surface area contributed by atoms with Crippen molar-refractivity contribution in [3.63, 3.8) is 0 Å². The summed E-state index contributed by atoms with van der Waals surface area (Å²) in [6.07, 6.45) is 1.78. The van der Waals surface area contributed by atoms with Crippen LogP contribution in [0.2, 0.25) is 10.3 Å². The molecule has 3 rings (SSSR count). The molecule has 20 heavy (non-hydrogen) atoms. The molecule has 1 aromatic carbocycles. The Morgan fingerprint density at radius 1 is 1.20 bits per heavy atom. The van der Waals surface area contributed by atoms with E-state index in [0.717, 1.165) is 30.5 Å². The van der Waals surface area contributed by atoms with Crippen LogP contribution in [0.3, 0.4) is 0 Å². The predicted octanol–water partition coefficient (Wildman–Crippen LogP) is 4.01. The topological polar surface area (TPSA) is 29.0 Å². The fourth-order valence-corrected chi connectivity index (χ4v) is 3.21. The first-order chi connectivity index (χ1) is 9.60. The van der Waals surface area contributed by atoms with Gasteiger partial charge in [0.1, 0.15) is 10.3 Å². The molecule has 5 heteroatoms. The highest BCUT2D eigenvalue weighted by Crippen LogP contribution is 2.32. The molecule has 0 atom stereocenters. The molecule has 0 saturated heterocycles. The highest BCUT2D eigenvalue weighted by Gasteiger charge is 2.17. The molecule has 0 radical (unpaired) electrons. The lowest BCUT2D eigenvalue weighted by Crippen LogP contribution is -2.12. The van der Waals surface area contributed by atoms with E-state index >= 15 is 0 Å². The van der Waals surface area contributed by atoms with Gasteiger partial charge in [-0.1, -0.05) is 30.1 Å². The number of likely N-dealkylation sites (N-methyl/N-ethyl adjacent to an activating group) is 1. The van der Waals surface area contributed by atoms with Crippen molar-refractivity contribution in [2.75, 3.05) is 18.5 Å². The lowest BCUT2D eigenvalue weighted by Gasteiger charge is -2.12. The molecule has 0 spiro atoms. The van der Waals surface area contributed by atoms with Gasteiger partial charge in [0, 0.05) is 30.4 Å². The number of hydrogen-bond donors (Lipinski definition) is 0. The van der Waals surface area contributed by atoms with Crippen LogP contribution in [0, 0.1) is 0 Å². The maximum absolute atomic E-state index is 6.18. The predicted molar refractivity (Wildman–Crippen MR) is 83.8 cm³/mol. The number of benzene rings is 1. The number of fused-ring (bicyclic) bond motifs is 1. The van der Waals surface area contributed by atoms with Gasteiger partial charge in [-0.05, 0) is 36.6 Å². The summed E-state index contributed by atoms with van der Waals surface area (Å²) in [5.74, 6) is 0.592. The number of hydrogen-bond acceptors (Lipinski definition) is 3. The average molecular weight is 308 g/mol. The van der Waals surface area contributed by atoms with Crippen molar-refractivity contribution >= 4 is 28.9 Å². The maximum Gasteiger partial charge on any atom is 0.162 e. The number of aromatic nitrogens is 2. The molecule has 0 N–H and O–H groups in total. The molecule has 1 aromatic heterocycles. The molecular formula is C15H15Cl2N3. The monoisotopic (exact) mass is 307 g/mol. The Balaban J connectivity index is 2.06. The molecule has 2 aromatic rings. The quantitative estimate of drug-likeness (QED) is 0.785. The first-order valence-corrected chi connectivity index (χ1v) is 7.42. The van der Waals surface area contributed by atoms with E-state index in [1.54, 1.807) is 0 Å². The summed E-state index contributed by atoms with van der Waals surface area (Å²) in [6, 6.07) is 6.26. The third kappa shape index (κ3) is 2.25. The molecule has 0 saturated carbocycles. The van der Waals surface area contributed by atoms with Crippen LogP contribution in [0.5, 0.6) is 0 Å². The van der Waals surface area contributed by atoms with Crippen LogP contribution in [-0.2, 0) is 12.8 Å². The average Bonchev–Trinajstić information content (AvgIpc) is 2.79. The second-order valence-corrected chi connectivity index (χ2v) is 5.69. The molecule has 1 aliphatic heterocycles. The second kappa shape index (κ2) is 5.23. The van der Waals surface area contributed by atoms with Crippen molar-refractivity contribution < 1.29 is 0 Å². The largest absolute Gasteiger partial charge is 0.374 e. The second-order valence-electron chi connectivity index (χ2n) is 4.98. The van der Waals surface area contributed by atoms with Gasteiger partial charge in [-0.3, -0.25) is 0 Å². The molecular weight excluding hydrogens is 293 g/mol. The van der Waals surface area contributed by atoms with Crippen LogP contribution in [0.15, 0.2) is 18.2 Å². The summed E-state index contributed by atoms with van der Waals surface area (Å²) in [5.41, 5.74) is 4.36. The van der Waals surface area contributed by atoms with Gasteiger partial charge in [-0.2, -0.15) is 0 Å². The van der Waals surface area contributed by atoms with Crippen LogP contribution in [0.1, 0.15) is 18.1 Å². The van der Waals surface area contributed by atoms with E-state index in [2.05, 4.69) is 34.0 Å². The van der Waals surface area contributed by atoms with E-state index in [9.17, 15) is 0 Å². The summed E-state index contributed by atoms with van der Waals surface area (Å²) in [5, 5.41) is 0.889. The van der Waals surface area contributed by atoms with E-state index in [1.807, 2.05) is 13.0 Å². The SMILES string of the molecule is CCc1c(Cl)nc(-c2ccc3c(c2)CCN3C)nc1Cl. The standard InChI is InChI=1S/C15H15Cl2N3/c1-3-11-13(16)18-15(19-14(11)17)10-4-5-12-9(8-10)6-7-20(12)2/h4-5,8H,3,6-7H2,1-2H3. The smallest absolute Gasteiger partial charge is 0.162 e. The van der Waals surface area contributed by atoms with Crippen molar-refractivity contribution in [1.29, 1.82) is 0 Å². The van der Waals surface area contributed by atoms with Gasteiger partial charge < -0.3 is 4.90 Å². The highest BCUT2D eigenvalue weighted by molar-refractivity contribution is 6.34. The summed E-state index contributed by atoms with van der Waals surface area (Å²) < 4.78 is 0. The van der Waals surface area contributed by atoms with Gasteiger partial charge in [0.15, 0.2) is 5.82 Å². The van der Waals surface area contributed by atoms with Gasteiger partial charge >= 0.3 is 0 Å². The van der Waals surface area contributed by atoms with Gasteiger partial charge in [-0.25, -0.2) is 9.97 Å². The fraction of sp³-hybridized carbons (Fsp3) is 0.333.